The normalized spacial score (nSPS) is 30.3. The summed E-state index contributed by atoms with van der Waals surface area (Å²) in [5.74, 6) is 7.60. The minimum Gasteiger partial charge on any atom is -0.370 e. The first-order chi connectivity index (χ1) is 8.49. The summed E-state index contributed by atoms with van der Waals surface area (Å²) in [6.45, 7) is 7.54. The lowest BCUT2D eigenvalue weighted by Crippen LogP contribution is -2.52. The molecule has 0 aromatic carbocycles. The third-order valence-electron chi connectivity index (χ3n) is 4.35. The van der Waals surface area contributed by atoms with Crippen molar-refractivity contribution < 1.29 is 13.7 Å². The van der Waals surface area contributed by atoms with Crippen LogP contribution in [0.3, 0.4) is 0 Å². The van der Waals surface area contributed by atoms with Crippen molar-refractivity contribution in [2.45, 2.75) is 12.8 Å². The Morgan fingerprint density at radius 1 is 1.11 bits per heavy atom. The molecule has 0 saturated carbocycles. The predicted octanol–water partition coefficient (Wildman–Crippen LogP) is 0.953. The van der Waals surface area contributed by atoms with Crippen molar-refractivity contribution in [2.24, 2.45) is 5.92 Å². The molecule has 2 saturated heterocycles. The Hall–Kier alpha value is -0.560. The largest absolute Gasteiger partial charge is 0.370 e. The van der Waals surface area contributed by atoms with Crippen molar-refractivity contribution >= 4 is 0 Å². The summed E-state index contributed by atoms with van der Waals surface area (Å²) >= 11 is 0. The molecule has 0 aliphatic carbocycles. The molecule has 0 aromatic heterocycles. The van der Waals surface area contributed by atoms with E-state index in [0.717, 1.165) is 41.8 Å². The summed E-state index contributed by atoms with van der Waals surface area (Å²) in [6, 6.07) is 0. The van der Waals surface area contributed by atoms with Gasteiger partial charge < -0.3 is 13.7 Å². The van der Waals surface area contributed by atoms with E-state index in [0.29, 0.717) is 5.92 Å². The molecule has 2 rings (SSSR count). The molecular weight excluding hydrogens is 224 g/mol. The minimum absolute atomic E-state index is 0.612. The predicted molar refractivity (Wildman–Crippen MR) is 73.9 cm³/mol. The second-order valence-corrected chi connectivity index (χ2v) is 6.84. The minimum atomic E-state index is 0.612. The SMILES string of the molecule is C[N+]1(C)CCCC(C#CC[N+]2(C)CCOCC2)C1. The maximum Gasteiger partial charge on any atom is 0.140 e. The zero-order chi connectivity index (χ0) is 13.1. The molecule has 1 unspecified atom stereocenters. The van der Waals surface area contributed by atoms with Gasteiger partial charge >= 0.3 is 0 Å². The zero-order valence-corrected chi connectivity index (χ0v) is 12.2. The van der Waals surface area contributed by atoms with Crippen molar-refractivity contribution in [3.8, 4) is 11.8 Å². The molecule has 0 bridgehead atoms. The van der Waals surface area contributed by atoms with Crippen molar-refractivity contribution in [1.82, 2.24) is 0 Å². The average Bonchev–Trinajstić information content (AvgIpc) is 2.28. The number of hydrogen-bond donors (Lipinski definition) is 0. The first kappa shape index (κ1) is 13.9. The van der Waals surface area contributed by atoms with Crippen LogP contribution in [-0.4, -0.2) is 76.0 Å². The highest BCUT2D eigenvalue weighted by Gasteiger charge is 2.27. The Morgan fingerprint density at radius 2 is 1.83 bits per heavy atom. The second kappa shape index (κ2) is 5.61. The molecule has 0 aromatic rings. The molecular formula is C15H28N2O+2. The highest BCUT2D eigenvalue weighted by atomic mass is 16.5. The number of ether oxygens (including phenoxy) is 1. The fourth-order valence-electron chi connectivity index (χ4n) is 2.99. The van der Waals surface area contributed by atoms with Crippen LogP contribution in [0.2, 0.25) is 0 Å². The molecule has 2 fully saturated rings. The number of rotatable bonds is 1. The molecule has 0 amide bonds. The summed E-state index contributed by atoms with van der Waals surface area (Å²) in [5, 5.41) is 0. The molecule has 3 heteroatoms. The lowest BCUT2D eigenvalue weighted by Gasteiger charge is -2.37. The maximum absolute atomic E-state index is 5.42. The summed E-state index contributed by atoms with van der Waals surface area (Å²) < 4.78 is 7.63. The van der Waals surface area contributed by atoms with Gasteiger partial charge in [0.15, 0.2) is 0 Å². The van der Waals surface area contributed by atoms with Crippen LogP contribution < -0.4 is 0 Å². The van der Waals surface area contributed by atoms with Gasteiger partial charge in [-0.2, -0.15) is 0 Å². The van der Waals surface area contributed by atoms with Gasteiger partial charge in [0, 0.05) is 0 Å². The quantitative estimate of drug-likeness (QED) is 0.499. The van der Waals surface area contributed by atoms with Crippen LogP contribution in [0.5, 0.6) is 0 Å². The first-order valence-corrected chi connectivity index (χ1v) is 7.21. The van der Waals surface area contributed by atoms with Gasteiger partial charge in [-0.25, -0.2) is 0 Å². The highest BCUT2D eigenvalue weighted by molar-refractivity contribution is 5.04. The van der Waals surface area contributed by atoms with E-state index in [1.807, 2.05) is 0 Å². The number of nitrogens with zero attached hydrogens (tertiary/aromatic N) is 2. The summed E-state index contributed by atoms with van der Waals surface area (Å²) in [4.78, 5) is 0. The number of hydrogen-bond acceptors (Lipinski definition) is 1. The molecule has 18 heavy (non-hydrogen) atoms. The van der Waals surface area contributed by atoms with E-state index in [9.17, 15) is 0 Å². The van der Waals surface area contributed by atoms with E-state index < -0.39 is 0 Å². The topological polar surface area (TPSA) is 9.23 Å². The van der Waals surface area contributed by atoms with Gasteiger partial charge in [0.05, 0.1) is 53.4 Å². The van der Waals surface area contributed by atoms with Crippen LogP contribution in [0.15, 0.2) is 0 Å². The van der Waals surface area contributed by atoms with Gasteiger partial charge in [0.2, 0.25) is 0 Å². The first-order valence-electron chi connectivity index (χ1n) is 7.21. The zero-order valence-electron chi connectivity index (χ0n) is 12.2. The highest BCUT2D eigenvalue weighted by Crippen LogP contribution is 2.19. The van der Waals surface area contributed by atoms with Gasteiger partial charge in [-0.3, -0.25) is 0 Å². The number of likely N-dealkylation sites (tertiary alicyclic amines) is 1. The van der Waals surface area contributed by atoms with Crippen molar-refractivity contribution in [1.29, 1.82) is 0 Å². The maximum atomic E-state index is 5.42. The number of morpholine rings is 1. The Labute approximate surface area is 112 Å². The summed E-state index contributed by atoms with van der Waals surface area (Å²) in [7, 11) is 6.95. The number of quaternary nitrogens is 2. The van der Waals surface area contributed by atoms with Crippen LogP contribution in [0, 0.1) is 17.8 Å². The Morgan fingerprint density at radius 3 is 2.50 bits per heavy atom. The Balaban J connectivity index is 1.84. The van der Waals surface area contributed by atoms with Crippen molar-refractivity contribution in [2.75, 3.05) is 67.1 Å². The molecule has 0 spiro atoms. The molecule has 1 atom stereocenters. The van der Waals surface area contributed by atoms with Crippen LogP contribution in [0.25, 0.3) is 0 Å². The van der Waals surface area contributed by atoms with Gasteiger partial charge in [-0.15, -0.1) is 0 Å². The Kier molecular flexibility index (Phi) is 4.32. The standard InChI is InChI=1S/C15H28N2O/c1-16(2)8-4-6-15(14-16)7-5-9-17(3)10-12-18-13-11-17/h15H,4,6,8-14H2,1-3H3/q+2. The van der Waals surface area contributed by atoms with Crippen LogP contribution >= 0.6 is 0 Å². The molecule has 0 radical (unpaired) electrons. The van der Waals surface area contributed by atoms with Crippen LogP contribution in [0.4, 0.5) is 0 Å². The van der Waals surface area contributed by atoms with Crippen LogP contribution in [-0.2, 0) is 4.74 Å². The smallest absolute Gasteiger partial charge is 0.140 e. The third kappa shape index (κ3) is 3.98. The molecule has 2 aliphatic rings. The third-order valence-corrected chi connectivity index (χ3v) is 4.35. The molecule has 3 nitrogen and oxygen atoms in total. The molecule has 2 aliphatic heterocycles. The summed E-state index contributed by atoms with van der Waals surface area (Å²) in [5.41, 5.74) is 0. The van der Waals surface area contributed by atoms with Crippen molar-refractivity contribution in [3.05, 3.63) is 0 Å². The lowest BCUT2D eigenvalue weighted by molar-refractivity contribution is -0.910. The number of likely N-dealkylation sites (N-methyl/N-ethyl adjacent to an activating group) is 1. The molecule has 0 N–H and O–H groups in total. The van der Waals surface area contributed by atoms with E-state index >= 15 is 0 Å². The van der Waals surface area contributed by atoms with E-state index in [2.05, 4.69) is 33.0 Å². The lowest BCUT2D eigenvalue weighted by atomic mass is 9.97. The number of piperidine rings is 1. The van der Waals surface area contributed by atoms with E-state index in [1.54, 1.807) is 0 Å². The van der Waals surface area contributed by atoms with Gasteiger partial charge in [-0.1, -0.05) is 5.92 Å². The van der Waals surface area contributed by atoms with E-state index in [4.69, 9.17) is 4.74 Å². The Bertz CT molecular complexity index is 334. The fraction of sp³-hybridized carbons (Fsp3) is 0.867. The molecule has 2 heterocycles. The second-order valence-electron chi connectivity index (χ2n) is 6.84. The van der Waals surface area contributed by atoms with Gasteiger partial charge in [0.1, 0.15) is 19.6 Å². The van der Waals surface area contributed by atoms with Crippen LogP contribution in [0.1, 0.15) is 12.8 Å². The summed E-state index contributed by atoms with van der Waals surface area (Å²) in [6.07, 6.45) is 2.62. The fourth-order valence-corrected chi connectivity index (χ4v) is 2.99. The molecule has 102 valence electrons. The monoisotopic (exact) mass is 252 g/mol. The van der Waals surface area contributed by atoms with Gasteiger partial charge in [0.25, 0.3) is 0 Å². The van der Waals surface area contributed by atoms with E-state index in [1.165, 1.54) is 25.9 Å². The van der Waals surface area contributed by atoms with E-state index in [-0.39, 0.29) is 0 Å². The van der Waals surface area contributed by atoms with Gasteiger partial charge in [-0.05, 0) is 18.8 Å². The van der Waals surface area contributed by atoms with Crippen molar-refractivity contribution in [3.63, 3.8) is 0 Å². The average molecular weight is 252 g/mol.